The molecule has 9 heteroatoms. The smallest absolute Gasteiger partial charge is 0.404 e. The molecule has 0 atom stereocenters. The van der Waals surface area contributed by atoms with Gasteiger partial charge < -0.3 is 19.9 Å². The number of hydrogen-bond donors (Lipinski definition) is 2. The van der Waals surface area contributed by atoms with E-state index in [2.05, 4.69) is 10.3 Å². The highest BCUT2D eigenvalue weighted by atomic mass is 19.4. The molecule has 1 aromatic rings. The molecule has 0 aliphatic rings. The lowest BCUT2D eigenvalue weighted by Gasteiger charge is -2.14. The number of carboxylic acid groups (broad SMARTS) is 1. The first kappa shape index (κ1) is 20.9. The summed E-state index contributed by atoms with van der Waals surface area (Å²) >= 11 is 0. The van der Waals surface area contributed by atoms with Crippen molar-refractivity contribution < 1.29 is 32.5 Å². The molecule has 25 heavy (non-hydrogen) atoms. The number of rotatable bonds is 10. The van der Waals surface area contributed by atoms with Gasteiger partial charge in [-0.15, -0.1) is 0 Å². The van der Waals surface area contributed by atoms with E-state index in [0.717, 1.165) is 5.56 Å². The minimum Gasteiger partial charge on any atom is -0.495 e. The standard InChI is InChI=1S/C16H23F3N2O4/c1-24-13-10-11(6-4-3-5-8-16(17,18)19)14(25-2)21-12(13)7-9-20-15(22)23/h10,20H,3-9H2,1-2H3,(H,22,23). The number of halogens is 3. The number of nitrogens with zero attached hydrogens (tertiary/aromatic N) is 1. The Morgan fingerprint density at radius 3 is 2.48 bits per heavy atom. The van der Waals surface area contributed by atoms with Crippen LogP contribution in [0, 0.1) is 0 Å². The lowest BCUT2D eigenvalue weighted by atomic mass is 10.1. The van der Waals surface area contributed by atoms with E-state index in [0.29, 0.717) is 43.0 Å². The first-order valence-electron chi connectivity index (χ1n) is 7.91. The van der Waals surface area contributed by atoms with E-state index in [1.807, 2.05) is 0 Å². The van der Waals surface area contributed by atoms with E-state index >= 15 is 0 Å². The zero-order valence-corrected chi connectivity index (χ0v) is 14.3. The fourth-order valence-corrected chi connectivity index (χ4v) is 2.37. The van der Waals surface area contributed by atoms with Crippen LogP contribution in [-0.4, -0.2) is 43.1 Å². The third-order valence-corrected chi connectivity index (χ3v) is 3.56. The van der Waals surface area contributed by atoms with E-state index in [-0.39, 0.29) is 13.0 Å². The molecule has 0 aromatic carbocycles. The zero-order valence-electron chi connectivity index (χ0n) is 14.3. The second kappa shape index (κ2) is 9.95. The Labute approximate surface area is 144 Å². The van der Waals surface area contributed by atoms with Gasteiger partial charge in [0.05, 0.1) is 19.9 Å². The largest absolute Gasteiger partial charge is 0.495 e. The summed E-state index contributed by atoms with van der Waals surface area (Å²) in [6.07, 6.45) is -4.03. The van der Waals surface area contributed by atoms with Gasteiger partial charge in [-0.1, -0.05) is 6.42 Å². The molecule has 0 unspecified atom stereocenters. The Morgan fingerprint density at radius 1 is 1.20 bits per heavy atom. The number of hydrogen-bond acceptors (Lipinski definition) is 4. The molecule has 2 N–H and O–H groups in total. The van der Waals surface area contributed by atoms with Crippen LogP contribution in [0.2, 0.25) is 0 Å². The highest BCUT2D eigenvalue weighted by Crippen LogP contribution is 2.28. The summed E-state index contributed by atoms with van der Waals surface area (Å²) in [4.78, 5) is 14.8. The SMILES string of the molecule is COc1cc(CCCCCC(F)(F)F)c(OC)nc1CCNC(=O)O. The molecule has 1 amide bonds. The summed E-state index contributed by atoms with van der Waals surface area (Å²) in [5.41, 5.74) is 1.30. The summed E-state index contributed by atoms with van der Waals surface area (Å²) in [5.74, 6) is 0.875. The third-order valence-electron chi connectivity index (χ3n) is 3.56. The number of pyridine rings is 1. The molecule has 0 spiro atoms. The highest BCUT2D eigenvalue weighted by Gasteiger charge is 2.25. The van der Waals surface area contributed by atoms with Crippen LogP contribution in [0.1, 0.15) is 36.9 Å². The van der Waals surface area contributed by atoms with Crippen molar-refractivity contribution in [3.05, 3.63) is 17.3 Å². The van der Waals surface area contributed by atoms with Crippen molar-refractivity contribution in [3.8, 4) is 11.6 Å². The quantitative estimate of drug-likeness (QED) is 0.621. The Balaban J connectivity index is 2.68. The number of ether oxygens (including phenoxy) is 2. The fraction of sp³-hybridized carbons (Fsp3) is 0.625. The van der Waals surface area contributed by atoms with Crippen LogP contribution in [-0.2, 0) is 12.8 Å². The molecular formula is C16H23F3N2O4. The summed E-state index contributed by atoms with van der Waals surface area (Å²) in [6.45, 7) is 0.179. The lowest BCUT2D eigenvalue weighted by Crippen LogP contribution is -2.23. The molecule has 1 rings (SSSR count). The number of amides is 1. The number of aromatic nitrogens is 1. The van der Waals surface area contributed by atoms with Crippen molar-refractivity contribution in [1.29, 1.82) is 0 Å². The molecule has 0 aliphatic carbocycles. The van der Waals surface area contributed by atoms with Crippen LogP contribution in [0.5, 0.6) is 11.6 Å². The third kappa shape index (κ3) is 7.95. The first-order valence-corrected chi connectivity index (χ1v) is 7.91. The Hall–Kier alpha value is -2.19. The van der Waals surface area contributed by atoms with E-state index in [9.17, 15) is 18.0 Å². The maximum atomic E-state index is 12.1. The van der Waals surface area contributed by atoms with Gasteiger partial charge in [-0.2, -0.15) is 13.2 Å². The molecule has 1 heterocycles. The van der Waals surface area contributed by atoms with E-state index in [4.69, 9.17) is 14.6 Å². The first-order chi connectivity index (χ1) is 11.8. The van der Waals surface area contributed by atoms with Gasteiger partial charge in [0.1, 0.15) is 5.75 Å². The summed E-state index contributed by atoms with van der Waals surface area (Å²) in [5, 5.41) is 10.8. The average molecular weight is 364 g/mol. The molecule has 0 saturated heterocycles. The molecular weight excluding hydrogens is 341 g/mol. The predicted molar refractivity (Wildman–Crippen MR) is 85.3 cm³/mol. The molecule has 0 fully saturated rings. The van der Waals surface area contributed by atoms with Crippen LogP contribution in [0.4, 0.5) is 18.0 Å². The topological polar surface area (TPSA) is 80.7 Å². The summed E-state index contributed by atoms with van der Waals surface area (Å²) in [6, 6.07) is 1.74. The van der Waals surface area contributed by atoms with Gasteiger partial charge in [-0.3, -0.25) is 0 Å². The second-order valence-corrected chi connectivity index (χ2v) is 5.46. The van der Waals surface area contributed by atoms with Crippen molar-refractivity contribution >= 4 is 6.09 Å². The number of unbranched alkanes of at least 4 members (excludes halogenated alkanes) is 2. The van der Waals surface area contributed by atoms with Gasteiger partial charge in [-0.25, -0.2) is 9.78 Å². The summed E-state index contributed by atoms with van der Waals surface area (Å²) in [7, 11) is 2.94. The fourth-order valence-electron chi connectivity index (χ4n) is 2.37. The monoisotopic (exact) mass is 364 g/mol. The molecule has 6 nitrogen and oxygen atoms in total. The number of aryl methyl sites for hydroxylation is 1. The van der Waals surface area contributed by atoms with Crippen molar-refractivity contribution in [1.82, 2.24) is 10.3 Å². The van der Waals surface area contributed by atoms with E-state index in [1.54, 1.807) is 6.07 Å². The van der Waals surface area contributed by atoms with Crippen molar-refractivity contribution in [2.45, 2.75) is 44.7 Å². The lowest BCUT2D eigenvalue weighted by molar-refractivity contribution is -0.135. The van der Waals surface area contributed by atoms with E-state index in [1.165, 1.54) is 14.2 Å². The van der Waals surface area contributed by atoms with Gasteiger partial charge in [0.25, 0.3) is 0 Å². The predicted octanol–water partition coefficient (Wildman–Crippen LogP) is 3.57. The number of methoxy groups -OCH3 is 2. The maximum absolute atomic E-state index is 12.1. The van der Waals surface area contributed by atoms with Crippen LogP contribution in [0.3, 0.4) is 0 Å². The minimum atomic E-state index is -4.12. The minimum absolute atomic E-state index is 0.0926. The van der Waals surface area contributed by atoms with Crippen molar-refractivity contribution in [2.75, 3.05) is 20.8 Å². The van der Waals surface area contributed by atoms with E-state index < -0.39 is 18.7 Å². The molecule has 0 aliphatic heterocycles. The molecule has 0 radical (unpaired) electrons. The van der Waals surface area contributed by atoms with Gasteiger partial charge in [0.2, 0.25) is 5.88 Å². The number of nitrogens with one attached hydrogen (secondary N) is 1. The molecule has 0 bridgehead atoms. The zero-order chi connectivity index (χ0) is 18.9. The van der Waals surface area contributed by atoms with Gasteiger partial charge >= 0.3 is 12.3 Å². The molecule has 0 saturated carbocycles. The van der Waals surface area contributed by atoms with Crippen molar-refractivity contribution in [2.24, 2.45) is 0 Å². The molecule has 142 valence electrons. The van der Waals surface area contributed by atoms with Gasteiger partial charge in [0.15, 0.2) is 0 Å². The van der Waals surface area contributed by atoms with Crippen LogP contribution >= 0.6 is 0 Å². The number of carbonyl (C=O) groups is 1. The number of alkyl halides is 3. The average Bonchev–Trinajstić information content (AvgIpc) is 2.53. The van der Waals surface area contributed by atoms with Crippen LogP contribution < -0.4 is 14.8 Å². The van der Waals surface area contributed by atoms with Gasteiger partial charge in [-0.05, 0) is 25.3 Å². The Kier molecular flexibility index (Phi) is 8.30. The summed E-state index contributed by atoms with van der Waals surface area (Å²) < 4.78 is 46.9. The maximum Gasteiger partial charge on any atom is 0.404 e. The Morgan fingerprint density at radius 2 is 1.92 bits per heavy atom. The van der Waals surface area contributed by atoms with Crippen molar-refractivity contribution in [3.63, 3.8) is 0 Å². The van der Waals surface area contributed by atoms with Crippen LogP contribution in [0.25, 0.3) is 0 Å². The van der Waals surface area contributed by atoms with Crippen LogP contribution in [0.15, 0.2) is 6.07 Å². The molecule has 1 aromatic heterocycles. The normalized spacial score (nSPS) is 11.2. The second-order valence-electron chi connectivity index (χ2n) is 5.46. The van der Waals surface area contributed by atoms with Gasteiger partial charge in [0, 0.05) is 24.9 Å². The highest BCUT2D eigenvalue weighted by molar-refractivity contribution is 5.64. The Bertz CT molecular complexity index is 565.